The fraction of sp³-hybridized carbons (Fsp3) is 0.235. The fourth-order valence-corrected chi connectivity index (χ4v) is 2.58. The van der Waals surface area contributed by atoms with Gasteiger partial charge >= 0.3 is 0 Å². The van der Waals surface area contributed by atoms with Crippen molar-refractivity contribution in [3.63, 3.8) is 0 Å². The van der Waals surface area contributed by atoms with Crippen LogP contribution >= 0.6 is 11.8 Å². The van der Waals surface area contributed by atoms with Crippen LogP contribution in [0.3, 0.4) is 0 Å². The van der Waals surface area contributed by atoms with Crippen LogP contribution in [0.15, 0.2) is 53.4 Å². The monoisotopic (exact) mass is 286 g/mol. The second-order valence-electron chi connectivity index (χ2n) is 4.69. The summed E-state index contributed by atoms with van der Waals surface area (Å²) in [4.78, 5) is 13.7. The van der Waals surface area contributed by atoms with Crippen molar-refractivity contribution >= 4 is 17.5 Å². The number of benzene rings is 2. The van der Waals surface area contributed by atoms with Gasteiger partial charge in [-0.3, -0.25) is 4.79 Å². The maximum Gasteiger partial charge on any atom is 0.197 e. The third-order valence-electron chi connectivity index (χ3n) is 2.85. The minimum Gasteiger partial charge on any atom is -0.490 e. The third kappa shape index (κ3) is 3.23. The summed E-state index contributed by atoms with van der Waals surface area (Å²) in [7, 11) is 0. The molecule has 0 spiro atoms. The van der Waals surface area contributed by atoms with E-state index in [4.69, 9.17) is 4.74 Å². The van der Waals surface area contributed by atoms with Crippen LogP contribution in [0.1, 0.15) is 29.8 Å². The van der Waals surface area contributed by atoms with Crippen molar-refractivity contribution in [1.82, 2.24) is 0 Å². The van der Waals surface area contributed by atoms with E-state index in [-0.39, 0.29) is 11.9 Å². The van der Waals surface area contributed by atoms with Crippen molar-refractivity contribution in [2.45, 2.75) is 24.8 Å². The molecule has 0 N–H and O–H groups in total. The van der Waals surface area contributed by atoms with Crippen molar-refractivity contribution < 1.29 is 9.53 Å². The van der Waals surface area contributed by atoms with E-state index in [2.05, 4.69) is 0 Å². The van der Waals surface area contributed by atoms with E-state index >= 15 is 0 Å². The largest absolute Gasteiger partial charge is 0.490 e. The summed E-state index contributed by atoms with van der Waals surface area (Å²) in [5.74, 6) is 0.648. The number of ether oxygens (including phenoxy) is 1. The Morgan fingerprint density at radius 2 is 1.60 bits per heavy atom. The molecule has 0 atom stereocenters. The second-order valence-corrected chi connectivity index (χ2v) is 5.54. The Labute approximate surface area is 124 Å². The molecule has 0 unspecified atom stereocenters. The Morgan fingerprint density at radius 3 is 2.25 bits per heavy atom. The van der Waals surface area contributed by atoms with Crippen molar-refractivity contribution in [3.05, 3.63) is 59.7 Å². The minimum absolute atomic E-state index is 0.00574. The summed E-state index contributed by atoms with van der Waals surface area (Å²) in [6.07, 6.45) is 2.02. The molecule has 0 bridgehead atoms. The zero-order chi connectivity index (χ0) is 14.5. The maximum absolute atomic E-state index is 12.7. The average molecular weight is 286 g/mol. The second kappa shape index (κ2) is 6.62. The van der Waals surface area contributed by atoms with E-state index in [9.17, 15) is 4.79 Å². The third-order valence-corrected chi connectivity index (χ3v) is 3.64. The van der Waals surface area contributed by atoms with Crippen LogP contribution in [0.4, 0.5) is 0 Å². The van der Waals surface area contributed by atoms with Gasteiger partial charge in [-0.2, -0.15) is 0 Å². The molecule has 2 rings (SSSR count). The molecule has 0 aliphatic carbocycles. The highest BCUT2D eigenvalue weighted by molar-refractivity contribution is 7.98. The Balaban J connectivity index is 2.43. The summed E-state index contributed by atoms with van der Waals surface area (Å²) in [5.41, 5.74) is 1.34. The number of carbonyl (C=O) groups excluding carboxylic acids is 1. The molecule has 0 saturated heterocycles. The molecule has 0 aliphatic heterocycles. The normalized spacial score (nSPS) is 10.6. The number of ketones is 1. The molecule has 2 nitrogen and oxygen atoms in total. The first-order valence-electron chi connectivity index (χ1n) is 6.57. The number of hydrogen-bond donors (Lipinski definition) is 0. The Kier molecular flexibility index (Phi) is 4.85. The van der Waals surface area contributed by atoms with Crippen LogP contribution in [-0.4, -0.2) is 18.1 Å². The highest BCUT2D eigenvalue weighted by Crippen LogP contribution is 2.27. The fourth-order valence-electron chi connectivity index (χ4n) is 1.99. The van der Waals surface area contributed by atoms with Crippen LogP contribution < -0.4 is 4.74 Å². The summed E-state index contributed by atoms with van der Waals surface area (Å²) in [6.45, 7) is 3.91. The molecule has 3 heteroatoms. The van der Waals surface area contributed by atoms with E-state index in [1.54, 1.807) is 11.8 Å². The number of carbonyl (C=O) groups is 1. The maximum atomic E-state index is 12.7. The summed E-state index contributed by atoms with van der Waals surface area (Å²) < 4.78 is 5.73. The van der Waals surface area contributed by atoms with Crippen molar-refractivity contribution in [2.24, 2.45) is 0 Å². The molecule has 2 aromatic rings. The summed E-state index contributed by atoms with van der Waals surface area (Å²) >= 11 is 1.58. The van der Waals surface area contributed by atoms with Crippen LogP contribution in [0.25, 0.3) is 0 Å². The van der Waals surface area contributed by atoms with E-state index < -0.39 is 0 Å². The van der Waals surface area contributed by atoms with E-state index in [0.717, 1.165) is 10.5 Å². The first-order valence-corrected chi connectivity index (χ1v) is 7.79. The predicted octanol–water partition coefficient (Wildman–Crippen LogP) is 4.43. The number of rotatable bonds is 5. The van der Waals surface area contributed by atoms with Crippen LogP contribution in [0.5, 0.6) is 5.75 Å². The van der Waals surface area contributed by atoms with Gasteiger partial charge in [-0.1, -0.05) is 24.3 Å². The molecule has 0 saturated carbocycles. The van der Waals surface area contributed by atoms with Crippen LogP contribution in [0.2, 0.25) is 0 Å². The van der Waals surface area contributed by atoms with Crippen LogP contribution in [-0.2, 0) is 0 Å². The molecule has 0 amide bonds. The van der Waals surface area contributed by atoms with Gasteiger partial charge in [-0.25, -0.2) is 0 Å². The highest BCUT2D eigenvalue weighted by Gasteiger charge is 2.17. The molecular formula is C17H18O2S. The van der Waals surface area contributed by atoms with Gasteiger partial charge in [0, 0.05) is 10.5 Å². The molecule has 104 valence electrons. The van der Waals surface area contributed by atoms with Crippen molar-refractivity contribution in [1.29, 1.82) is 0 Å². The minimum atomic E-state index is 0.00574. The van der Waals surface area contributed by atoms with E-state index in [1.807, 2.05) is 68.6 Å². The summed E-state index contributed by atoms with van der Waals surface area (Å²) in [5, 5.41) is 0. The predicted molar refractivity (Wildman–Crippen MR) is 83.9 cm³/mol. The van der Waals surface area contributed by atoms with Crippen molar-refractivity contribution in [3.8, 4) is 5.75 Å². The number of hydrogen-bond acceptors (Lipinski definition) is 3. The zero-order valence-corrected chi connectivity index (χ0v) is 12.7. The lowest BCUT2D eigenvalue weighted by molar-refractivity contribution is 0.103. The van der Waals surface area contributed by atoms with Crippen molar-refractivity contribution in [2.75, 3.05) is 6.26 Å². The lowest BCUT2D eigenvalue weighted by atomic mass is 10.0. The van der Waals surface area contributed by atoms with Gasteiger partial charge in [-0.15, -0.1) is 11.8 Å². The highest BCUT2D eigenvalue weighted by atomic mass is 32.2. The van der Waals surface area contributed by atoms with E-state index in [1.165, 1.54) is 0 Å². The van der Waals surface area contributed by atoms with Gasteiger partial charge in [0.2, 0.25) is 0 Å². The Bertz CT molecular complexity index is 605. The molecule has 0 aromatic heterocycles. The molecule has 20 heavy (non-hydrogen) atoms. The number of para-hydroxylation sites is 1. The lowest BCUT2D eigenvalue weighted by Gasteiger charge is -2.14. The average Bonchev–Trinajstić information content (AvgIpc) is 2.46. The standard InChI is InChI=1S/C17H18O2S/c1-12(2)19-15-10-6-4-8-13(15)17(18)14-9-5-7-11-16(14)20-3/h4-12H,1-3H3. The number of thioether (sulfide) groups is 1. The molecular weight excluding hydrogens is 268 g/mol. The van der Waals surface area contributed by atoms with Crippen LogP contribution in [0, 0.1) is 0 Å². The quantitative estimate of drug-likeness (QED) is 0.601. The Morgan fingerprint density at radius 1 is 1.00 bits per heavy atom. The van der Waals surface area contributed by atoms with Gasteiger partial charge in [0.05, 0.1) is 11.7 Å². The molecule has 0 aliphatic rings. The molecule has 0 heterocycles. The smallest absolute Gasteiger partial charge is 0.197 e. The van der Waals surface area contributed by atoms with Gasteiger partial charge in [0.25, 0.3) is 0 Å². The first-order chi connectivity index (χ1) is 9.63. The van der Waals surface area contributed by atoms with Gasteiger partial charge in [0.1, 0.15) is 5.75 Å². The topological polar surface area (TPSA) is 26.3 Å². The molecule has 0 radical (unpaired) electrons. The van der Waals surface area contributed by atoms with E-state index in [0.29, 0.717) is 11.3 Å². The Hall–Kier alpha value is -1.74. The lowest BCUT2D eigenvalue weighted by Crippen LogP contribution is -2.11. The van der Waals surface area contributed by atoms with Gasteiger partial charge < -0.3 is 4.74 Å². The zero-order valence-electron chi connectivity index (χ0n) is 11.9. The van der Waals surface area contributed by atoms with Gasteiger partial charge in [-0.05, 0) is 44.4 Å². The molecule has 2 aromatic carbocycles. The molecule has 0 fully saturated rings. The summed E-state index contributed by atoms with van der Waals surface area (Å²) in [6, 6.07) is 15.1. The van der Waals surface area contributed by atoms with Gasteiger partial charge in [0.15, 0.2) is 5.78 Å². The SMILES string of the molecule is CSc1ccccc1C(=O)c1ccccc1OC(C)C. The first kappa shape index (κ1) is 14.7.